The van der Waals surface area contributed by atoms with Gasteiger partial charge in [0, 0.05) is 13.1 Å². The Labute approximate surface area is 127 Å². The normalized spacial score (nSPS) is 23.0. The lowest BCUT2D eigenvalue weighted by atomic mass is 10.1. The first-order chi connectivity index (χ1) is 9.76. The Morgan fingerprint density at radius 2 is 2.20 bits per heavy atom. The van der Waals surface area contributed by atoms with Gasteiger partial charge in [0.2, 0.25) is 0 Å². The molecule has 0 spiro atoms. The molecule has 0 bridgehead atoms. The SMILES string of the molecule is CSc1ccc(N2CC(C)OC(c3ccsc3)C2)nn1. The van der Waals surface area contributed by atoms with Crippen LogP contribution in [-0.4, -0.2) is 35.6 Å². The third-order valence-electron chi connectivity index (χ3n) is 3.33. The van der Waals surface area contributed by atoms with E-state index in [4.69, 9.17) is 4.74 Å². The Kier molecular flexibility index (Phi) is 4.24. The van der Waals surface area contributed by atoms with Gasteiger partial charge in [-0.1, -0.05) is 0 Å². The highest BCUT2D eigenvalue weighted by Gasteiger charge is 2.27. The summed E-state index contributed by atoms with van der Waals surface area (Å²) in [5, 5.41) is 13.7. The summed E-state index contributed by atoms with van der Waals surface area (Å²) in [5.74, 6) is 0.929. The number of morpholine rings is 1. The highest BCUT2D eigenvalue weighted by molar-refractivity contribution is 7.98. The van der Waals surface area contributed by atoms with Crippen LogP contribution in [0.2, 0.25) is 0 Å². The van der Waals surface area contributed by atoms with Crippen LogP contribution >= 0.6 is 23.1 Å². The first-order valence-corrected chi connectivity index (χ1v) is 8.73. The van der Waals surface area contributed by atoms with Crippen molar-refractivity contribution < 1.29 is 4.74 Å². The molecular formula is C14H17N3OS2. The van der Waals surface area contributed by atoms with Gasteiger partial charge in [-0.25, -0.2) is 0 Å². The molecule has 1 aliphatic rings. The van der Waals surface area contributed by atoms with E-state index in [0.29, 0.717) is 0 Å². The molecule has 1 fully saturated rings. The molecule has 4 nitrogen and oxygen atoms in total. The molecular weight excluding hydrogens is 290 g/mol. The summed E-state index contributed by atoms with van der Waals surface area (Å²) in [7, 11) is 0. The highest BCUT2D eigenvalue weighted by atomic mass is 32.2. The molecule has 2 unspecified atom stereocenters. The summed E-state index contributed by atoms with van der Waals surface area (Å²) in [4.78, 5) is 2.26. The lowest BCUT2D eigenvalue weighted by Gasteiger charge is -2.37. The third-order valence-corrected chi connectivity index (χ3v) is 4.67. The third kappa shape index (κ3) is 2.97. The summed E-state index contributed by atoms with van der Waals surface area (Å²) in [6.45, 7) is 3.79. The molecule has 0 amide bonds. The van der Waals surface area contributed by atoms with Crippen LogP contribution in [0, 0.1) is 0 Å². The van der Waals surface area contributed by atoms with Gasteiger partial charge in [0.25, 0.3) is 0 Å². The number of hydrogen-bond donors (Lipinski definition) is 0. The summed E-state index contributed by atoms with van der Waals surface area (Å²) in [6, 6.07) is 6.20. The maximum atomic E-state index is 6.04. The van der Waals surface area contributed by atoms with E-state index in [2.05, 4.69) is 38.8 Å². The van der Waals surface area contributed by atoms with Gasteiger partial charge >= 0.3 is 0 Å². The minimum Gasteiger partial charge on any atom is -0.367 e. The molecule has 0 saturated carbocycles. The zero-order valence-electron chi connectivity index (χ0n) is 11.5. The van der Waals surface area contributed by atoms with E-state index in [9.17, 15) is 0 Å². The molecule has 0 aromatic carbocycles. The van der Waals surface area contributed by atoms with Crippen molar-refractivity contribution in [1.82, 2.24) is 10.2 Å². The summed E-state index contributed by atoms with van der Waals surface area (Å²) in [6.07, 6.45) is 2.32. The lowest BCUT2D eigenvalue weighted by molar-refractivity contribution is -0.0174. The molecule has 3 rings (SSSR count). The van der Waals surface area contributed by atoms with Crippen molar-refractivity contribution in [2.24, 2.45) is 0 Å². The van der Waals surface area contributed by atoms with Crippen LogP contribution in [-0.2, 0) is 4.74 Å². The number of rotatable bonds is 3. The fourth-order valence-electron chi connectivity index (χ4n) is 2.37. The second-order valence-electron chi connectivity index (χ2n) is 4.83. The first kappa shape index (κ1) is 13.9. The molecule has 1 saturated heterocycles. The van der Waals surface area contributed by atoms with E-state index >= 15 is 0 Å². The molecule has 0 N–H and O–H groups in total. The molecule has 20 heavy (non-hydrogen) atoms. The zero-order valence-corrected chi connectivity index (χ0v) is 13.2. The van der Waals surface area contributed by atoms with Crippen LogP contribution in [0.5, 0.6) is 0 Å². The van der Waals surface area contributed by atoms with Gasteiger partial charge in [-0.3, -0.25) is 0 Å². The van der Waals surface area contributed by atoms with E-state index in [0.717, 1.165) is 23.9 Å². The van der Waals surface area contributed by atoms with E-state index in [1.807, 2.05) is 18.4 Å². The number of nitrogens with zero attached hydrogens (tertiary/aromatic N) is 3. The average Bonchev–Trinajstić information content (AvgIpc) is 3.01. The summed E-state index contributed by atoms with van der Waals surface area (Å²) >= 11 is 3.32. The van der Waals surface area contributed by atoms with Crippen molar-refractivity contribution in [3.05, 3.63) is 34.5 Å². The number of anilines is 1. The molecule has 1 aliphatic heterocycles. The molecule has 106 valence electrons. The average molecular weight is 307 g/mol. The quantitative estimate of drug-likeness (QED) is 0.814. The predicted octanol–water partition coefficient (Wildman–Crippen LogP) is 3.23. The molecule has 2 aromatic heterocycles. The van der Waals surface area contributed by atoms with Crippen molar-refractivity contribution in [2.45, 2.75) is 24.2 Å². The Balaban J connectivity index is 1.78. The minimum absolute atomic E-state index is 0.118. The maximum absolute atomic E-state index is 6.04. The summed E-state index contributed by atoms with van der Waals surface area (Å²) < 4.78 is 6.04. The fraction of sp³-hybridized carbons (Fsp3) is 0.429. The van der Waals surface area contributed by atoms with Gasteiger partial charge < -0.3 is 9.64 Å². The van der Waals surface area contributed by atoms with Crippen LogP contribution in [0.15, 0.2) is 34.0 Å². The largest absolute Gasteiger partial charge is 0.367 e. The number of thiophene rings is 1. The van der Waals surface area contributed by atoms with Gasteiger partial charge in [-0.05, 0) is 47.7 Å². The molecule has 0 radical (unpaired) electrons. The van der Waals surface area contributed by atoms with Crippen molar-refractivity contribution in [1.29, 1.82) is 0 Å². The van der Waals surface area contributed by atoms with Crippen molar-refractivity contribution >= 4 is 28.9 Å². The number of ether oxygens (including phenoxy) is 1. The zero-order chi connectivity index (χ0) is 13.9. The Morgan fingerprint density at radius 3 is 2.85 bits per heavy atom. The van der Waals surface area contributed by atoms with E-state index in [-0.39, 0.29) is 12.2 Å². The molecule has 3 heterocycles. The standard InChI is InChI=1S/C14H17N3OS2/c1-10-7-17(13-3-4-14(19-2)16-15-13)8-12(18-10)11-5-6-20-9-11/h3-6,9-10,12H,7-8H2,1-2H3. The first-order valence-electron chi connectivity index (χ1n) is 6.56. The predicted molar refractivity (Wildman–Crippen MR) is 83.6 cm³/mol. The second-order valence-corrected chi connectivity index (χ2v) is 6.44. The van der Waals surface area contributed by atoms with Gasteiger partial charge in [0.15, 0.2) is 5.82 Å². The van der Waals surface area contributed by atoms with E-state index < -0.39 is 0 Å². The molecule has 6 heteroatoms. The van der Waals surface area contributed by atoms with Crippen molar-refractivity contribution in [3.63, 3.8) is 0 Å². The van der Waals surface area contributed by atoms with Gasteiger partial charge in [0.05, 0.1) is 6.10 Å². The molecule has 2 aromatic rings. The minimum atomic E-state index is 0.118. The maximum Gasteiger partial charge on any atom is 0.151 e. The number of hydrogen-bond acceptors (Lipinski definition) is 6. The fourth-order valence-corrected chi connectivity index (χ4v) is 3.40. The Bertz CT molecular complexity index is 544. The van der Waals surface area contributed by atoms with Crippen LogP contribution in [0.25, 0.3) is 0 Å². The van der Waals surface area contributed by atoms with Gasteiger partial charge in [0.1, 0.15) is 11.1 Å². The van der Waals surface area contributed by atoms with E-state index in [1.54, 1.807) is 23.1 Å². The van der Waals surface area contributed by atoms with Gasteiger partial charge in [-0.15, -0.1) is 22.0 Å². The van der Waals surface area contributed by atoms with Crippen LogP contribution in [0.3, 0.4) is 0 Å². The Hall–Kier alpha value is -1.11. The number of thioether (sulfide) groups is 1. The lowest BCUT2D eigenvalue weighted by Crippen LogP contribution is -2.43. The highest BCUT2D eigenvalue weighted by Crippen LogP contribution is 2.29. The van der Waals surface area contributed by atoms with Gasteiger partial charge in [-0.2, -0.15) is 11.3 Å². The van der Waals surface area contributed by atoms with Crippen LogP contribution in [0.4, 0.5) is 5.82 Å². The second kappa shape index (κ2) is 6.11. The van der Waals surface area contributed by atoms with Crippen molar-refractivity contribution in [2.75, 3.05) is 24.2 Å². The Morgan fingerprint density at radius 1 is 1.30 bits per heavy atom. The summed E-state index contributed by atoms with van der Waals surface area (Å²) in [5.41, 5.74) is 1.25. The van der Waals surface area contributed by atoms with Crippen LogP contribution < -0.4 is 4.90 Å². The van der Waals surface area contributed by atoms with Crippen LogP contribution in [0.1, 0.15) is 18.6 Å². The molecule has 2 atom stereocenters. The molecule has 0 aliphatic carbocycles. The topological polar surface area (TPSA) is 38.2 Å². The number of aromatic nitrogens is 2. The smallest absolute Gasteiger partial charge is 0.151 e. The monoisotopic (exact) mass is 307 g/mol. The van der Waals surface area contributed by atoms with E-state index in [1.165, 1.54) is 5.56 Å². The van der Waals surface area contributed by atoms with Crippen molar-refractivity contribution in [3.8, 4) is 0 Å².